The fourth-order valence-electron chi connectivity index (χ4n) is 3.43. The summed E-state index contributed by atoms with van der Waals surface area (Å²) in [5.41, 5.74) is 4.92. The van der Waals surface area contributed by atoms with Crippen LogP contribution in [0.4, 0.5) is 4.39 Å². The van der Waals surface area contributed by atoms with Crippen molar-refractivity contribution in [1.29, 1.82) is 0 Å². The second-order valence-electron chi connectivity index (χ2n) is 7.74. The molecule has 0 aliphatic rings. The maximum Gasteiger partial charge on any atom is 0.269 e. The van der Waals surface area contributed by atoms with Crippen molar-refractivity contribution in [3.63, 3.8) is 0 Å². The lowest BCUT2D eigenvalue weighted by molar-refractivity contribution is 0.0945. The summed E-state index contributed by atoms with van der Waals surface area (Å²) in [6.07, 6.45) is 6.89. The number of nitrogens with one attached hydrogen (secondary N) is 1. The van der Waals surface area contributed by atoms with Crippen LogP contribution in [0, 0.1) is 12.7 Å². The molecule has 1 aromatic carbocycles. The Labute approximate surface area is 180 Å². The van der Waals surface area contributed by atoms with Gasteiger partial charge in [0.25, 0.3) is 5.91 Å². The molecule has 4 aromatic rings. The van der Waals surface area contributed by atoms with E-state index in [2.05, 4.69) is 15.3 Å². The number of carbonyl (C=O) groups excluding carboxylic acids is 1. The number of aryl methyl sites for hydroxylation is 1. The number of benzene rings is 1. The molecule has 4 rings (SSSR count). The minimum absolute atomic E-state index is 0.194. The topological polar surface area (TPSA) is 62.5 Å². The van der Waals surface area contributed by atoms with Crippen LogP contribution in [0.15, 0.2) is 61.2 Å². The van der Waals surface area contributed by atoms with E-state index in [1.165, 1.54) is 6.07 Å². The summed E-state index contributed by atoms with van der Waals surface area (Å²) >= 11 is 0. The maximum absolute atomic E-state index is 14.3. The molecule has 0 atom stereocenters. The van der Waals surface area contributed by atoms with Crippen molar-refractivity contribution in [1.82, 2.24) is 24.6 Å². The average Bonchev–Trinajstić information content (AvgIpc) is 3.18. The van der Waals surface area contributed by atoms with E-state index in [0.717, 1.165) is 28.8 Å². The Morgan fingerprint density at radius 1 is 1.13 bits per heavy atom. The molecule has 0 aliphatic heterocycles. The number of likely N-dealkylation sites (N-methyl/N-ethyl adjacent to an activating group) is 1. The molecule has 0 fully saturated rings. The number of rotatable bonds is 6. The molecule has 158 valence electrons. The van der Waals surface area contributed by atoms with E-state index in [-0.39, 0.29) is 11.7 Å². The molecule has 0 aliphatic carbocycles. The Balaban J connectivity index is 1.83. The van der Waals surface area contributed by atoms with Crippen LogP contribution in [0.25, 0.3) is 27.9 Å². The highest BCUT2D eigenvalue weighted by atomic mass is 19.1. The third-order valence-corrected chi connectivity index (χ3v) is 5.18. The van der Waals surface area contributed by atoms with Gasteiger partial charge in [-0.3, -0.25) is 14.2 Å². The van der Waals surface area contributed by atoms with Gasteiger partial charge >= 0.3 is 0 Å². The van der Waals surface area contributed by atoms with Gasteiger partial charge in [0.15, 0.2) is 0 Å². The molecule has 3 heterocycles. The van der Waals surface area contributed by atoms with Crippen molar-refractivity contribution < 1.29 is 9.18 Å². The third-order valence-electron chi connectivity index (χ3n) is 5.18. The first-order valence-electron chi connectivity index (χ1n) is 10.0. The Kier molecular flexibility index (Phi) is 5.77. The quantitative estimate of drug-likeness (QED) is 0.518. The monoisotopic (exact) mass is 417 g/mol. The van der Waals surface area contributed by atoms with Crippen LogP contribution in [0.5, 0.6) is 0 Å². The van der Waals surface area contributed by atoms with Crippen molar-refractivity contribution in [2.45, 2.75) is 6.92 Å². The van der Waals surface area contributed by atoms with E-state index in [1.54, 1.807) is 36.0 Å². The summed E-state index contributed by atoms with van der Waals surface area (Å²) in [5.74, 6) is -0.459. The van der Waals surface area contributed by atoms with Gasteiger partial charge in [-0.25, -0.2) is 9.37 Å². The number of hydrogen-bond donors (Lipinski definition) is 1. The number of fused-ring (bicyclic) bond motifs is 1. The standard InChI is InChI=1S/C24H24FN5O/c1-16-6-7-17(11-21(16)25)19-12-23-28-14-22(24(31)27-9-10-29(2)3)30(23)15-20(19)18-5-4-8-26-13-18/h4-8,11-15H,9-10H2,1-3H3,(H,27,31). The minimum atomic E-state index is -0.265. The maximum atomic E-state index is 14.3. The number of halogens is 1. The highest BCUT2D eigenvalue weighted by Gasteiger charge is 2.17. The van der Waals surface area contributed by atoms with Gasteiger partial charge in [0.05, 0.1) is 6.20 Å². The summed E-state index contributed by atoms with van der Waals surface area (Å²) in [4.78, 5) is 23.4. The highest BCUT2D eigenvalue weighted by Crippen LogP contribution is 2.34. The average molecular weight is 417 g/mol. The van der Waals surface area contributed by atoms with E-state index < -0.39 is 0 Å². The molecule has 0 unspecified atom stereocenters. The van der Waals surface area contributed by atoms with Gasteiger partial charge in [0.2, 0.25) is 0 Å². The molecule has 1 N–H and O–H groups in total. The first-order valence-corrected chi connectivity index (χ1v) is 10.0. The van der Waals surface area contributed by atoms with E-state index in [1.807, 2.05) is 49.5 Å². The van der Waals surface area contributed by atoms with E-state index in [0.29, 0.717) is 23.4 Å². The fraction of sp³-hybridized carbons (Fsp3) is 0.208. The Hall–Kier alpha value is -3.58. The molecule has 3 aromatic heterocycles. The number of hydrogen-bond acceptors (Lipinski definition) is 4. The van der Waals surface area contributed by atoms with Crippen LogP contribution in [-0.4, -0.2) is 52.4 Å². The number of nitrogens with zero attached hydrogens (tertiary/aromatic N) is 4. The van der Waals surface area contributed by atoms with Crippen molar-refractivity contribution in [3.8, 4) is 22.3 Å². The first-order chi connectivity index (χ1) is 14.9. The predicted octanol–water partition coefficient (Wildman–Crippen LogP) is 3.80. The van der Waals surface area contributed by atoms with Gasteiger partial charge in [-0.05, 0) is 55.9 Å². The molecule has 0 radical (unpaired) electrons. The van der Waals surface area contributed by atoms with E-state index in [4.69, 9.17) is 0 Å². The van der Waals surface area contributed by atoms with E-state index in [9.17, 15) is 9.18 Å². The van der Waals surface area contributed by atoms with Crippen molar-refractivity contribution >= 4 is 11.6 Å². The van der Waals surface area contributed by atoms with Crippen molar-refractivity contribution in [2.75, 3.05) is 27.2 Å². The number of carbonyl (C=O) groups is 1. The van der Waals surface area contributed by atoms with Gasteiger partial charge in [-0.1, -0.05) is 18.2 Å². The van der Waals surface area contributed by atoms with Crippen LogP contribution < -0.4 is 5.32 Å². The normalized spacial score (nSPS) is 11.3. The van der Waals surface area contributed by atoms with Gasteiger partial charge in [-0.2, -0.15) is 0 Å². The summed E-state index contributed by atoms with van der Waals surface area (Å²) < 4.78 is 16.1. The van der Waals surface area contributed by atoms with Gasteiger partial charge < -0.3 is 10.2 Å². The molecule has 0 spiro atoms. The first kappa shape index (κ1) is 20.7. The third kappa shape index (κ3) is 4.32. The summed E-state index contributed by atoms with van der Waals surface area (Å²) in [6.45, 7) is 3.02. The molecule has 7 heteroatoms. The Morgan fingerprint density at radius 2 is 1.97 bits per heavy atom. The van der Waals surface area contributed by atoms with Gasteiger partial charge in [0.1, 0.15) is 17.2 Å². The zero-order chi connectivity index (χ0) is 22.0. The fourth-order valence-corrected chi connectivity index (χ4v) is 3.43. The van der Waals surface area contributed by atoms with Crippen LogP contribution in [0.1, 0.15) is 16.1 Å². The van der Waals surface area contributed by atoms with Crippen LogP contribution >= 0.6 is 0 Å². The van der Waals surface area contributed by atoms with Crippen molar-refractivity contribution in [2.24, 2.45) is 0 Å². The van der Waals surface area contributed by atoms with Gasteiger partial charge in [-0.15, -0.1) is 0 Å². The molecule has 0 saturated heterocycles. The number of imidazole rings is 1. The highest BCUT2D eigenvalue weighted by molar-refractivity contribution is 5.94. The second-order valence-corrected chi connectivity index (χ2v) is 7.74. The van der Waals surface area contributed by atoms with Crippen LogP contribution in [-0.2, 0) is 0 Å². The lowest BCUT2D eigenvalue weighted by Crippen LogP contribution is -2.31. The number of pyridine rings is 2. The van der Waals surface area contributed by atoms with Crippen molar-refractivity contribution in [3.05, 3.63) is 78.3 Å². The molecule has 0 saturated carbocycles. The lowest BCUT2D eigenvalue weighted by atomic mass is 9.96. The summed E-state index contributed by atoms with van der Waals surface area (Å²) in [6, 6.07) is 10.8. The Morgan fingerprint density at radius 3 is 2.68 bits per heavy atom. The van der Waals surface area contributed by atoms with Crippen LogP contribution in [0.3, 0.4) is 0 Å². The van der Waals surface area contributed by atoms with E-state index >= 15 is 0 Å². The summed E-state index contributed by atoms with van der Waals surface area (Å²) in [5, 5.41) is 2.92. The van der Waals surface area contributed by atoms with Crippen LogP contribution in [0.2, 0.25) is 0 Å². The molecular formula is C24H24FN5O. The largest absolute Gasteiger partial charge is 0.349 e. The lowest BCUT2D eigenvalue weighted by Gasteiger charge is -2.13. The summed E-state index contributed by atoms with van der Waals surface area (Å²) in [7, 11) is 3.91. The second kappa shape index (κ2) is 8.65. The smallest absolute Gasteiger partial charge is 0.269 e. The molecule has 6 nitrogen and oxygen atoms in total. The molecular weight excluding hydrogens is 393 g/mol. The predicted molar refractivity (Wildman–Crippen MR) is 119 cm³/mol. The Bertz CT molecular complexity index is 1230. The molecule has 0 bridgehead atoms. The minimum Gasteiger partial charge on any atom is -0.349 e. The van der Waals surface area contributed by atoms with Gasteiger partial charge in [0, 0.05) is 42.8 Å². The zero-order valence-corrected chi connectivity index (χ0v) is 17.8. The number of aromatic nitrogens is 3. The molecule has 31 heavy (non-hydrogen) atoms. The SMILES string of the molecule is Cc1ccc(-c2cc3ncc(C(=O)NCCN(C)C)n3cc2-c2cccnc2)cc1F. The molecule has 1 amide bonds. The zero-order valence-electron chi connectivity index (χ0n) is 17.8. The number of amides is 1.